The summed E-state index contributed by atoms with van der Waals surface area (Å²) in [6, 6.07) is 6.52. The zero-order chi connectivity index (χ0) is 18.8. The Hall–Kier alpha value is -2.32. The normalized spacial score (nSPS) is 13.8. The molecule has 6 N–H and O–H groups in total. The number of amides is 4. The molecule has 0 saturated heterocycles. The highest BCUT2D eigenvalue weighted by Crippen LogP contribution is 2.17. The third-order valence-electron chi connectivity index (χ3n) is 4.23. The van der Waals surface area contributed by atoms with Crippen LogP contribution in [0.4, 0.5) is 10.5 Å². The van der Waals surface area contributed by atoms with Crippen LogP contribution < -0.4 is 27.0 Å². The Morgan fingerprint density at radius 2 is 1.74 bits per heavy atom. The molecule has 4 amide bonds. The van der Waals surface area contributed by atoms with Crippen molar-refractivity contribution in [3.8, 4) is 0 Å². The number of carbonyl (C=O) groups is 3. The molecule has 0 radical (unpaired) electrons. The van der Waals surface area contributed by atoms with Gasteiger partial charge in [-0.1, -0.05) is 31.4 Å². The fourth-order valence-corrected chi connectivity index (χ4v) is 2.91. The molecule has 0 unspecified atom stereocenters. The summed E-state index contributed by atoms with van der Waals surface area (Å²) in [6.07, 6.45) is 5.40. The van der Waals surface area contributed by atoms with Crippen LogP contribution in [0.5, 0.6) is 0 Å². The van der Waals surface area contributed by atoms with Crippen molar-refractivity contribution in [3.05, 3.63) is 29.8 Å². The summed E-state index contributed by atoms with van der Waals surface area (Å²) in [5.41, 5.74) is 6.12. The third kappa shape index (κ3) is 7.84. The van der Waals surface area contributed by atoms with Crippen LogP contribution in [-0.4, -0.2) is 43.5 Å². The Morgan fingerprint density at radius 3 is 2.44 bits per heavy atom. The van der Waals surface area contributed by atoms with E-state index in [9.17, 15) is 14.4 Å². The number of nitrogens with one attached hydrogen (secondary N) is 4. The SMILES string of the molecule is Cl.NCCNC(=O)c1ccccc1NC(=O)CNC(=O)NC1CCCCC1. The minimum absolute atomic E-state index is 0. The van der Waals surface area contributed by atoms with Crippen LogP contribution in [0.2, 0.25) is 0 Å². The molecule has 0 spiro atoms. The molecular formula is C18H28ClN5O3. The van der Waals surface area contributed by atoms with E-state index in [1.807, 2.05) is 0 Å². The second-order valence-electron chi connectivity index (χ2n) is 6.30. The number of anilines is 1. The molecule has 0 heterocycles. The molecular weight excluding hydrogens is 370 g/mol. The summed E-state index contributed by atoms with van der Waals surface area (Å²) >= 11 is 0. The molecule has 9 heteroatoms. The zero-order valence-electron chi connectivity index (χ0n) is 15.3. The van der Waals surface area contributed by atoms with E-state index in [4.69, 9.17) is 5.73 Å². The number of para-hydroxylation sites is 1. The average molecular weight is 398 g/mol. The quantitative estimate of drug-likeness (QED) is 0.476. The minimum atomic E-state index is -0.400. The molecule has 1 aliphatic rings. The molecule has 150 valence electrons. The van der Waals surface area contributed by atoms with Crippen molar-refractivity contribution in [2.45, 2.75) is 38.1 Å². The van der Waals surface area contributed by atoms with E-state index < -0.39 is 5.91 Å². The maximum absolute atomic E-state index is 12.1. The lowest BCUT2D eigenvalue weighted by atomic mass is 9.96. The number of carbonyl (C=O) groups excluding carboxylic acids is 3. The van der Waals surface area contributed by atoms with Crippen molar-refractivity contribution in [1.82, 2.24) is 16.0 Å². The van der Waals surface area contributed by atoms with Crippen molar-refractivity contribution in [2.75, 3.05) is 25.0 Å². The molecule has 2 rings (SSSR count). The van der Waals surface area contributed by atoms with Crippen molar-refractivity contribution < 1.29 is 14.4 Å². The van der Waals surface area contributed by atoms with Gasteiger partial charge in [0.1, 0.15) is 0 Å². The first kappa shape index (κ1) is 22.7. The van der Waals surface area contributed by atoms with Gasteiger partial charge in [0.15, 0.2) is 0 Å². The number of hydrogen-bond acceptors (Lipinski definition) is 4. The van der Waals surface area contributed by atoms with Crippen molar-refractivity contribution in [2.24, 2.45) is 5.73 Å². The molecule has 1 aromatic rings. The van der Waals surface area contributed by atoms with Crippen molar-refractivity contribution in [3.63, 3.8) is 0 Å². The van der Waals surface area contributed by atoms with E-state index in [0.29, 0.717) is 24.3 Å². The fourth-order valence-electron chi connectivity index (χ4n) is 2.91. The first-order valence-electron chi connectivity index (χ1n) is 9.01. The van der Waals surface area contributed by atoms with E-state index >= 15 is 0 Å². The molecule has 27 heavy (non-hydrogen) atoms. The molecule has 8 nitrogen and oxygen atoms in total. The van der Waals surface area contributed by atoms with Crippen LogP contribution in [-0.2, 0) is 4.79 Å². The number of nitrogens with two attached hydrogens (primary N) is 1. The Bertz CT molecular complexity index is 635. The summed E-state index contributed by atoms with van der Waals surface area (Å²) in [5.74, 6) is -0.711. The van der Waals surface area contributed by atoms with E-state index in [1.54, 1.807) is 24.3 Å². The number of urea groups is 1. The second-order valence-corrected chi connectivity index (χ2v) is 6.30. The number of hydrogen-bond donors (Lipinski definition) is 5. The first-order chi connectivity index (χ1) is 12.6. The van der Waals surface area contributed by atoms with Gasteiger partial charge in [0.25, 0.3) is 5.91 Å². The molecule has 0 aromatic heterocycles. The largest absolute Gasteiger partial charge is 0.351 e. The van der Waals surface area contributed by atoms with Crippen molar-refractivity contribution >= 4 is 35.9 Å². The van der Waals surface area contributed by atoms with Crippen LogP contribution in [0.1, 0.15) is 42.5 Å². The van der Waals surface area contributed by atoms with Gasteiger partial charge in [-0.05, 0) is 25.0 Å². The number of benzene rings is 1. The lowest BCUT2D eigenvalue weighted by molar-refractivity contribution is -0.115. The molecule has 1 aliphatic carbocycles. The highest BCUT2D eigenvalue weighted by molar-refractivity contribution is 6.04. The van der Waals surface area contributed by atoms with Gasteiger partial charge in [-0.3, -0.25) is 9.59 Å². The van der Waals surface area contributed by atoms with Crippen LogP contribution in [0.3, 0.4) is 0 Å². The fraction of sp³-hybridized carbons (Fsp3) is 0.500. The molecule has 1 aromatic carbocycles. The Labute approximate surface area is 165 Å². The van der Waals surface area contributed by atoms with Gasteiger partial charge >= 0.3 is 6.03 Å². The van der Waals surface area contributed by atoms with Crippen molar-refractivity contribution in [1.29, 1.82) is 0 Å². The third-order valence-corrected chi connectivity index (χ3v) is 4.23. The van der Waals surface area contributed by atoms with Crippen LogP contribution in [0, 0.1) is 0 Å². The Morgan fingerprint density at radius 1 is 1.04 bits per heavy atom. The molecule has 1 fully saturated rings. The number of rotatable bonds is 7. The van der Waals surface area contributed by atoms with Gasteiger partial charge in [-0.15, -0.1) is 12.4 Å². The molecule has 0 bridgehead atoms. The van der Waals surface area contributed by atoms with Gasteiger partial charge in [0, 0.05) is 19.1 Å². The summed E-state index contributed by atoms with van der Waals surface area (Å²) in [7, 11) is 0. The highest BCUT2D eigenvalue weighted by atomic mass is 35.5. The summed E-state index contributed by atoms with van der Waals surface area (Å²) in [6.45, 7) is 0.515. The van der Waals surface area contributed by atoms with Gasteiger partial charge in [-0.2, -0.15) is 0 Å². The van der Waals surface area contributed by atoms with Crippen LogP contribution in [0.25, 0.3) is 0 Å². The van der Waals surface area contributed by atoms with Crippen LogP contribution >= 0.6 is 12.4 Å². The lowest BCUT2D eigenvalue weighted by Gasteiger charge is -2.22. The topological polar surface area (TPSA) is 125 Å². The Balaban J connectivity index is 0.00000364. The molecule has 0 aliphatic heterocycles. The minimum Gasteiger partial charge on any atom is -0.351 e. The van der Waals surface area contributed by atoms with Crippen LogP contribution in [0.15, 0.2) is 24.3 Å². The predicted molar refractivity (Wildman–Crippen MR) is 107 cm³/mol. The standard InChI is InChI=1S/C18H27N5O3.ClH/c19-10-11-20-17(25)14-8-4-5-9-15(14)23-16(24)12-21-18(26)22-13-6-2-1-3-7-13;/h4-5,8-9,13H,1-3,6-7,10-12,19H2,(H,20,25)(H,23,24)(H2,21,22,26);1H. The first-order valence-corrected chi connectivity index (χ1v) is 9.01. The van der Waals surface area contributed by atoms with E-state index in [-0.39, 0.29) is 36.9 Å². The monoisotopic (exact) mass is 397 g/mol. The summed E-state index contributed by atoms with van der Waals surface area (Å²) < 4.78 is 0. The van der Waals surface area contributed by atoms with Gasteiger partial charge < -0.3 is 27.0 Å². The maximum atomic E-state index is 12.1. The predicted octanol–water partition coefficient (Wildman–Crippen LogP) is 1.37. The summed E-state index contributed by atoms with van der Waals surface area (Å²) in [4.78, 5) is 36.1. The molecule has 1 saturated carbocycles. The Kier molecular flexibility index (Phi) is 10.2. The number of halogens is 1. The highest BCUT2D eigenvalue weighted by Gasteiger charge is 2.16. The van der Waals surface area contributed by atoms with Gasteiger partial charge in [0.2, 0.25) is 5.91 Å². The average Bonchev–Trinajstić information content (AvgIpc) is 2.66. The van der Waals surface area contributed by atoms with E-state index in [1.165, 1.54) is 6.42 Å². The lowest BCUT2D eigenvalue weighted by Crippen LogP contribution is -2.45. The van der Waals surface area contributed by atoms with E-state index in [2.05, 4.69) is 21.3 Å². The summed E-state index contributed by atoms with van der Waals surface area (Å²) in [5, 5.41) is 10.8. The maximum Gasteiger partial charge on any atom is 0.315 e. The van der Waals surface area contributed by atoms with Gasteiger partial charge in [-0.25, -0.2) is 4.79 Å². The zero-order valence-corrected chi connectivity index (χ0v) is 16.1. The van der Waals surface area contributed by atoms with E-state index in [0.717, 1.165) is 25.7 Å². The smallest absolute Gasteiger partial charge is 0.315 e. The van der Waals surface area contributed by atoms with Gasteiger partial charge in [0.05, 0.1) is 17.8 Å². The molecule has 0 atom stereocenters. The second kappa shape index (κ2) is 12.1.